The number of carboxylic acids is 1. The third kappa shape index (κ3) is 2.10. The zero-order valence-corrected chi connectivity index (χ0v) is 10.7. The Balaban J connectivity index is 2.43. The minimum absolute atomic E-state index is 0.273. The van der Waals surface area contributed by atoms with E-state index in [1.165, 1.54) is 11.3 Å². The molecule has 0 aliphatic carbocycles. The summed E-state index contributed by atoms with van der Waals surface area (Å²) in [7, 11) is 0. The second kappa shape index (κ2) is 4.33. The summed E-state index contributed by atoms with van der Waals surface area (Å²) in [6, 6.07) is 3.36. The normalized spacial score (nSPS) is 11.1. The molecule has 0 spiro atoms. The zero-order chi connectivity index (χ0) is 12.6. The first-order valence-corrected chi connectivity index (χ1v) is 6.12. The van der Waals surface area contributed by atoms with Gasteiger partial charge < -0.3 is 9.63 Å². The highest BCUT2D eigenvalue weighted by atomic mass is 32.1. The molecule has 1 N–H and O–H groups in total. The second-order valence-corrected chi connectivity index (χ2v) is 5.23. The van der Waals surface area contributed by atoms with Crippen molar-refractivity contribution in [2.45, 2.75) is 26.7 Å². The quantitative estimate of drug-likeness (QED) is 0.906. The van der Waals surface area contributed by atoms with Crippen molar-refractivity contribution >= 4 is 17.3 Å². The van der Waals surface area contributed by atoms with Crippen LogP contribution in [-0.2, 0) is 0 Å². The fourth-order valence-corrected chi connectivity index (χ4v) is 2.58. The third-order valence-corrected chi connectivity index (χ3v) is 3.61. The van der Waals surface area contributed by atoms with E-state index in [1.807, 2.05) is 20.8 Å². The van der Waals surface area contributed by atoms with E-state index in [2.05, 4.69) is 5.16 Å². The van der Waals surface area contributed by atoms with E-state index in [9.17, 15) is 4.79 Å². The molecule has 0 unspecified atom stereocenters. The summed E-state index contributed by atoms with van der Waals surface area (Å²) in [4.78, 5) is 12.0. The number of aromatic carboxylic acids is 1. The Kier molecular flexibility index (Phi) is 3.02. The van der Waals surface area contributed by atoms with Gasteiger partial charge >= 0.3 is 5.97 Å². The highest BCUT2D eigenvalue weighted by Gasteiger charge is 2.18. The van der Waals surface area contributed by atoms with Gasteiger partial charge in [0.2, 0.25) is 0 Å². The van der Waals surface area contributed by atoms with Crippen LogP contribution in [0.3, 0.4) is 0 Å². The van der Waals surface area contributed by atoms with E-state index in [4.69, 9.17) is 9.63 Å². The van der Waals surface area contributed by atoms with Crippen LogP contribution in [-0.4, -0.2) is 16.2 Å². The predicted octanol–water partition coefficient (Wildman–Crippen LogP) is 3.53. The number of rotatable bonds is 3. The molecule has 0 atom stereocenters. The van der Waals surface area contributed by atoms with Crippen LogP contribution in [0.25, 0.3) is 10.6 Å². The molecule has 0 fully saturated rings. The summed E-state index contributed by atoms with van der Waals surface area (Å²) in [6.45, 7) is 6.02. The molecule has 17 heavy (non-hydrogen) atoms. The molecule has 0 amide bonds. The van der Waals surface area contributed by atoms with E-state index < -0.39 is 5.97 Å². The minimum Gasteiger partial charge on any atom is -0.477 e. The van der Waals surface area contributed by atoms with E-state index in [0.717, 1.165) is 21.9 Å². The summed E-state index contributed by atoms with van der Waals surface area (Å²) >= 11 is 1.21. The number of carbonyl (C=O) groups is 1. The molecule has 2 aromatic rings. The molecular weight excluding hydrogens is 238 g/mol. The van der Waals surface area contributed by atoms with E-state index in [1.54, 1.807) is 12.1 Å². The Hall–Kier alpha value is -1.62. The van der Waals surface area contributed by atoms with Crippen molar-refractivity contribution in [1.29, 1.82) is 0 Å². The molecule has 2 rings (SSSR count). The topological polar surface area (TPSA) is 63.3 Å². The van der Waals surface area contributed by atoms with Crippen LogP contribution in [0.4, 0.5) is 0 Å². The Morgan fingerprint density at radius 1 is 1.47 bits per heavy atom. The molecule has 2 aromatic heterocycles. The summed E-state index contributed by atoms with van der Waals surface area (Å²) in [5.74, 6) is 0.215. The molecule has 5 heteroatoms. The largest absolute Gasteiger partial charge is 0.477 e. The second-order valence-electron chi connectivity index (χ2n) is 4.14. The smallest absolute Gasteiger partial charge is 0.345 e. The summed E-state index contributed by atoms with van der Waals surface area (Å²) in [5, 5.41) is 12.9. The fourth-order valence-electron chi connectivity index (χ4n) is 1.70. The molecule has 0 radical (unpaired) electrons. The SMILES string of the molecule is Cc1c(-c2ccc(C(=O)O)s2)noc1C(C)C. The van der Waals surface area contributed by atoms with Crippen molar-refractivity contribution < 1.29 is 14.4 Å². The van der Waals surface area contributed by atoms with Crippen molar-refractivity contribution in [2.75, 3.05) is 0 Å². The van der Waals surface area contributed by atoms with Gasteiger partial charge in [0, 0.05) is 11.5 Å². The predicted molar refractivity (Wildman–Crippen MR) is 65.6 cm³/mol. The van der Waals surface area contributed by atoms with E-state index in [-0.39, 0.29) is 5.92 Å². The summed E-state index contributed by atoms with van der Waals surface area (Å²) in [5.41, 5.74) is 1.73. The molecule has 0 aliphatic heterocycles. The first-order valence-electron chi connectivity index (χ1n) is 5.30. The lowest BCUT2D eigenvalue weighted by Gasteiger charge is -1.99. The molecule has 0 saturated carbocycles. The van der Waals surface area contributed by atoms with Gasteiger partial charge in [0.1, 0.15) is 16.3 Å². The molecular formula is C12H13NO3S. The summed E-state index contributed by atoms with van der Waals surface area (Å²) < 4.78 is 5.29. The maximum Gasteiger partial charge on any atom is 0.345 e. The molecule has 2 heterocycles. The first-order chi connectivity index (χ1) is 8.00. The van der Waals surface area contributed by atoms with Crippen molar-refractivity contribution in [3.63, 3.8) is 0 Å². The number of carboxylic acid groups (broad SMARTS) is 1. The Morgan fingerprint density at radius 2 is 2.18 bits per heavy atom. The van der Waals surface area contributed by atoms with Crippen LogP contribution in [0, 0.1) is 6.92 Å². The minimum atomic E-state index is -0.911. The van der Waals surface area contributed by atoms with Gasteiger partial charge in [-0.05, 0) is 19.1 Å². The van der Waals surface area contributed by atoms with Gasteiger partial charge in [-0.15, -0.1) is 11.3 Å². The standard InChI is InChI=1S/C12H13NO3S/c1-6(2)11-7(3)10(13-16-11)8-4-5-9(17-8)12(14)15/h4-6H,1-3H3,(H,14,15). The number of hydrogen-bond donors (Lipinski definition) is 1. The number of hydrogen-bond acceptors (Lipinski definition) is 4. The molecule has 0 saturated heterocycles. The lowest BCUT2D eigenvalue weighted by molar-refractivity contribution is 0.0702. The highest BCUT2D eigenvalue weighted by Crippen LogP contribution is 2.33. The van der Waals surface area contributed by atoms with Gasteiger partial charge in [-0.25, -0.2) is 4.79 Å². The maximum absolute atomic E-state index is 10.8. The van der Waals surface area contributed by atoms with Crippen LogP contribution < -0.4 is 0 Å². The van der Waals surface area contributed by atoms with E-state index in [0.29, 0.717) is 4.88 Å². The van der Waals surface area contributed by atoms with Gasteiger partial charge in [0.15, 0.2) is 0 Å². The van der Waals surface area contributed by atoms with Crippen molar-refractivity contribution in [3.05, 3.63) is 28.3 Å². The van der Waals surface area contributed by atoms with Crippen molar-refractivity contribution in [1.82, 2.24) is 5.16 Å². The number of nitrogens with zero attached hydrogens (tertiary/aromatic N) is 1. The van der Waals surface area contributed by atoms with Gasteiger partial charge in [0.05, 0.1) is 4.88 Å². The van der Waals surface area contributed by atoms with Crippen LogP contribution in [0.5, 0.6) is 0 Å². The number of thiophene rings is 1. The Bertz CT molecular complexity index is 554. The Labute approximate surface area is 103 Å². The average Bonchev–Trinajstić information content (AvgIpc) is 2.82. The highest BCUT2D eigenvalue weighted by molar-refractivity contribution is 7.17. The lowest BCUT2D eigenvalue weighted by atomic mass is 10.1. The summed E-state index contributed by atoms with van der Waals surface area (Å²) in [6.07, 6.45) is 0. The van der Waals surface area contributed by atoms with Crippen LogP contribution >= 0.6 is 11.3 Å². The van der Waals surface area contributed by atoms with Gasteiger partial charge in [-0.1, -0.05) is 19.0 Å². The van der Waals surface area contributed by atoms with Crippen molar-refractivity contribution in [2.24, 2.45) is 0 Å². The number of aromatic nitrogens is 1. The van der Waals surface area contributed by atoms with E-state index >= 15 is 0 Å². The average molecular weight is 251 g/mol. The van der Waals surface area contributed by atoms with Gasteiger partial charge in [0.25, 0.3) is 0 Å². The van der Waals surface area contributed by atoms with Crippen LogP contribution in [0.15, 0.2) is 16.7 Å². The first kappa shape index (κ1) is 11.9. The molecule has 0 aliphatic rings. The van der Waals surface area contributed by atoms with Crippen LogP contribution in [0.1, 0.15) is 40.8 Å². The van der Waals surface area contributed by atoms with Crippen LogP contribution in [0.2, 0.25) is 0 Å². The Morgan fingerprint density at radius 3 is 2.65 bits per heavy atom. The van der Waals surface area contributed by atoms with Gasteiger partial charge in [-0.2, -0.15) is 0 Å². The monoisotopic (exact) mass is 251 g/mol. The van der Waals surface area contributed by atoms with Crippen molar-refractivity contribution in [3.8, 4) is 10.6 Å². The molecule has 0 bridgehead atoms. The molecule has 90 valence electrons. The lowest BCUT2D eigenvalue weighted by Crippen LogP contribution is -1.89. The van der Waals surface area contributed by atoms with Gasteiger partial charge in [-0.3, -0.25) is 0 Å². The third-order valence-electron chi connectivity index (χ3n) is 2.53. The maximum atomic E-state index is 10.8. The zero-order valence-electron chi connectivity index (χ0n) is 9.85. The molecule has 0 aromatic carbocycles. The molecule has 4 nitrogen and oxygen atoms in total. The fraction of sp³-hybridized carbons (Fsp3) is 0.333.